The Hall–Kier alpha value is -3.65. The van der Waals surface area contributed by atoms with Gasteiger partial charge in [0.15, 0.2) is 0 Å². The molecule has 5 aromatic rings. The molecule has 0 fully saturated rings. The molecule has 9 heteroatoms. The third-order valence-electron chi connectivity index (χ3n) is 6.44. The molecule has 0 aliphatic rings. The lowest BCUT2D eigenvalue weighted by Crippen LogP contribution is -2.25. The first kappa shape index (κ1) is 26.9. The molecule has 0 radical (unpaired) electrons. The number of aliphatic carboxylic acids is 1. The topological polar surface area (TPSA) is 84.2 Å². The molecule has 39 heavy (non-hydrogen) atoms. The first-order valence-corrected chi connectivity index (χ1v) is 13.9. The number of hydrogen-bond acceptors (Lipinski definition) is 4. The van der Waals surface area contributed by atoms with E-state index >= 15 is 0 Å². The minimum Gasteiger partial charge on any atom is -0.481 e. The van der Waals surface area contributed by atoms with Crippen LogP contribution in [0.5, 0.6) is 0 Å². The normalized spacial score (nSPS) is 12.0. The molecular weight excluding hydrogens is 553 g/mol. The molecule has 1 amide bonds. The van der Waals surface area contributed by atoms with Crippen molar-refractivity contribution in [3.8, 4) is 22.5 Å². The number of halogens is 2. The van der Waals surface area contributed by atoms with E-state index in [1.807, 2.05) is 35.9 Å². The Morgan fingerprint density at radius 1 is 0.949 bits per heavy atom. The largest absolute Gasteiger partial charge is 0.481 e. The van der Waals surface area contributed by atoms with Gasteiger partial charge in [0, 0.05) is 32.6 Å². The van der Waals surface area contributed by atoms with Crippen molar-refractivity contribution in [3.63, 3.8) is 0 Å². The number of aryl methyl sites for hydroxylation is 1. The van der Waals surface area contributed by atoms with Crippen LogP contribution in [0.2, 0.25) is 10.0 Å². The van der Waals surface area contributed by atoms with Crippen molar-refractivity contribution >= 4 is 57.2 Å². The van der Waals surface area contributed by atoms with Crippen molar-refractivity contribution in [1.29, 1.82) is 0 Å². The van der Waals surface area contributed by atoms with E-state index in [1.165, 1.54) is 16.9 Å². The Kier molecular flexibility index (Phi) is 7.75. The molecule has 198 valence electrons. The Labute approximate surface area is 239 Å². The van der Waals surface area contributed by atoms with Gasteiger partial charge in [0.05, 0.1) is 28.7 Å². The highest BCUT2D eigenvalue weighted by Crippen LogP contribution is 2.36. The summed E-state index contributed by atoms with van der Waals surface area (Å²) in [5.74, 6) is -1.25. The lowest BCUT2D eigenvalue weighted by atomic mass is 10.0. The summed E-state index contributed by atoms with van der Waals surface area (Å²) in [6.07, 6.45) is -0.126. The maximum atomic E-state index is 12.5. The lowest BCUT2D eigenvalue weighted by Gasteiger charge is -2.15. The Balaban J connectivity index is 1.54. The van der Waals surface area contributed by atoms with E-state index in [0.29, 0.717) is 14.9 Å². The average molecular weight is 579 g/mol. The van der Waals surface area contributed by atoms with E-state index in [0.717, 1.165) is 38.2 Å². The highest BCUT2D eigenvalue weighted by atomic mass is 35.5. The van der Waals surface area contributed by atoms with Crippen LogP contribution in [0.15, 0.2) is 72.8 Å². The second kappa shape index (κ2) is 11.2. The van der Waals surface area contributed by atoms with E-state index < -0.39 is 5.97 Å². The molecule has 6 nitrogen and oxygen atoms in total. The molecule has 1 unspecified atom stereocenters. The van der Waals surface area contributed by atoms with Gasteiger partial charge in [-0.25, -0.2) is 0 Å². The van der Waals surface area contributed by atoms with E-state index in [4.69, 9.17) is 33.4 Å². The predicted molar refractivity (Wildman–Crippen MR) is 158 cm³/mol. The maximum absolute atomic E-state index is 12.5. The second-order valence-corrected chi connectivity index (χ2v) is 11.3. The first-order chi connectivity index (χ1) is 18.7. The van der Waals surface area contributed by atoms with Crippen molar-refractivity contribution in [2.75, 3.05) is 6.54 Å². The summed E-state index contributed by atoms with van der Waals surface area (Å²) in [4.78, 5) is 24.8. The number of carboxylic acid groups (broad SMARTS) is 1. The zero-order valence-corrected chi connectivity index (χ0v) is 23.6. The molecule has 2 N–H and O–H groups in total. The zero-order valence-electron chi connectivity index (χ0n) is 21.2. The van der Waals surface area contributed by atoms with Crippen LogP contribution >= 0.6 is 34.5 Å². The molecule has 1 atom stereocenters. The number of rotatable bonds is 8. The van der Waals surface area contributed by atoms with Gasteiger partial charge in [-0.2, -0.15) is 5.10 Å². The van der Waals surface area contributed by atoms with Crippen molar-refractivity contribution in [2.45, 2.75) is 26.3 Å². The number of thiophene rings is 1. The van der Waals surface area contributed by atoms with Crippen LogP contribution in [-0.2, 0) is 4.79 Å². The van der Waals surface area contributed by atoms with Gasteiger partial charge in [-0.05, 0) is 67.1 Å². The summed E-state index contributed by atoms with van der Waals surface area (Å²) in [6, 6.07) is 23.6. The lowest BCUT2D eigenvalue weighted by molar-refractivity contribution is -0.136. The van der Waals surface area contributed by atoms with Crippen molar-refractivity contribution in [2.24, 2.45) is 0 Å². The van der Waals surface area contributed by atoms with Gasteiger partial charge in [0.2, 0.25) is 0 Å². The third-order valence-corrected chi connectivity index (χ3v) is 8.13. The smallest absolute Gasteiger partial charge is 0.305 e. The molecule has 5 rings (SSSR count). The quantitative estimate of drug-likeness (QED) is 0.196. The first-order valence-electron chi connectivity index (χ1n) is 12.3. The number of aromatic nitrogens is 2. The number of nitrogens with zero attached hydrogens (tertiary/aromatic N) is 2. The van der Waals surface area contributed by atoms with Crippen molar-refractivity contribution in [1.82, 2.24) is 15.1 Å². The van der Waals surface area contributed by atoms with E-state index in [-0.39, 0.29) is 24.9 Å². The van der Waals surface area contributed by atoms with Crippen LogP contribution in [0.1, 0.15) is 39.5 Å². The van der Waals surface area contributed by atoms with Gasteiger partial charge in [0.1, 0.15) is 0 Å². The molecule has 0 aliphatic carbocycles. The zero-order chi connectivity index (χ0) is 27.7. The molecule has 2 heterocycles. The molecule has 0 saturated carbocycles. The summed E-state index contributed by atoms with van der Waals surface area (Å²) in [7, 11) is 0. The summed E-state index contributed by atoms with van der Waals surface area (Å²) < 4.78 is 1.96. The number of carbonyl (C=O) groups is 2. The number of carbonyl (C=O) groups excluding carboxylic acids is 1. The molecule has 0 saturated heterocycles. The number of nitrogens with one attached hydrogen (secondary N) is 1. The van der Waals surface area contributed by atoms with E-state index in [1.54, 1.807) is 12.1 Å². The summed E-state index contributed by atoms with van der Waals surface area (Å²) in [6.45, 7) is 4.19. The predicted octanol–water partition coefficient (Wildman–Crippen LogP) is 7.86. The molecule has 0 spiro atoms. The summed E-state index contributed by atoms with van der Waals surface area (Å²) >= 11 is 14.0. The monoisotopic (exact) mass is 577 g/mol. The van der Waals surface area contributed by atoms with Gasteiger partial charge >= 0.3 is 5.97 Å². The fourth-order valence-corrected chi connectivity index (χ4v) is 5.95. The molecular formula is C30H25Cl2N3O3S. The molecule has 3 aromatic carbocycles. The SMILES string of the molecule is Cc1ccc2cc(-c3cc(-c4cc(Cl)cc(Cl)c4)nn3C(C)c3ccc(C(=O)NCCC(=O)O)s3)ccc2c1. The third kappa shape index (κ3) is 6.01. The highest BCUT2D eigenvalue weighted by molar-refractivity contribution is 7.14. The average Bonchev–Trinajstić information content (AvgIpc) is 3.56. The van der Waals surface area contributed by atoms with Crippen LogP contribution in [0.3, 0.4) is 0 Å². The standard InChI is InChI=1S/C30H25Cl2N3O3S/c1-17-3-4-20-12-21(6-5-19(20)11-17)26-16-25(22-13-23(31)15-24(32)14-22)34-35(26)18(2)27-7-8-28(39-27)30(38)33-10-9-29(36)37/h3-8,11-16,18H,9-10H2,1-2H3,(H,33,38)(H,36,37). The Bertz CT molecular complexity index is 1690. The van der Waals surface area contributed by atoms with E-state index in [2.05, 4.69) is 48.6 Å². The second-order valence-electron chi connectivity index (χ2n) is 9.36. The van der Waals surface area contributed by atoms with Gasteiger partial charge in [-0.3, -0.25) is 14.3 Å². The van der Waals surface area contributed by atoms with Gasteiger partial charge in [0.25, 0.3) is 5.91 Å². The minimum absolute atomic E-state index is 0.0767. The van der Waals surface area contributed by atoms with Crippen LogP contribution in [-0.4, -0.2) is 33.3 Å². The van der Waals surface area contributed by atoms with E-state index in [9.17, 15) is 9.59 Å². The maximum Gasteiger partial charge on any atom is 0.305 e. The number of carboxylic acids is 1. The Morgan fingerprint density at radius 2 is 1.67 bits per heavy atom. The van der Waals surface area contributed by atoms with Gasteiger partial charge in [-0.15, -0.1) is 11.3 Å². The number of fused-ring (bicyclic) bond motifs is 1. The molecule has 2 aromatic heterocycles. The fourth-order valence-electron chi connectivity index (χ4n) is 4.46. The minimum atomic E-state index is -0.956. The number of hydrogen-bond donors (Lipinski definition) is 2. The Morgan fingerprint density at radius 3 is 2.41 bits per heavy atom. The number of benzene rings is 3. The summed E-state index contributed by atoms with van der Waals surface area (Å²) in [5.41, 5.74) is 4.66. The van der Waals surface area contributed by atoms with Crippen LogP contribution in [0, 0.1) is 6.92 Å². The van der Waals surface area contributed by atoms with Gasteiger partial charge < -0.3 is 10.4 Å². The highest BCUT2D eigenvalue weighted by Gasteiger charge is 2.21. The van der Waals surface area contributed by atoms with Crippen LogP contribution in [0.4, 0.5) is 0 Å². The summed E-state index contributed by atoms with van der Waals surface area (Å²) in [5, 5.41) is 19.8. The van der Waals surface area contributed by atoms with Crippen LogP contribution in [0.25, 0.3) is 33.3 Å². The van der Waals surface area contributed by atoms with Crippen molar-refractivity contribution in [3.05, 3.63) is 98.2 Å². The van der Waals surface area contributed by atoms with Gasteiger partial charge in [-0.1, -0.05) is 59.1 Å². The fraction of sp³-hybridized carbons (Fsp3) is 0.167. The molecule has 0 bridgehead atoms. The molecule has 0 aliphatic heterocycles. The van der Waals surface area contributed by atoms with Crippen LogP contribution < -0.4 is 5.32 Å². The number of amides is 1. The van der Waals surface area contributed by atoms with Crippen molar-refractivity contribution < 1.29 is 14.7 Å².